The maximum atomic E-state index is 12.9. The third kappa shape index (κ3) is 2.95. The maximum absolute atomic E-state index is 12.9. The highest BCUT2D eigenvalue weighted by atomic mass is 16.2. The van der Waals surface area contributed by atoms with Crippen LogP contribution in [0.5, 0.6) is 0 Å². The Bertz CT molecular complexity index is 730. The number of rotatable bonds is 3. The van der Waals surface area contributed by atoms with Crippen LogP contribution < -0.4 is 4.90 Å². The molecule has 1 aliphatic rings. The van der Waals surface area contributed by atoms with E-state index in [-0.39, 0.29) is 18.2 Å². The zero-order valence-electron chi connectivity index (χ0n) is 13.3. The molecular formula is C18H19N3O2. The van der Waals surface area contributed by atoms with Crippen LogP contribution in [0.15, 0.2) is 48.8 Å². The highest BCUT2D eigenvalue weighted by Gasteiger charge is 2.34. The molecule has 2 aromatic rings. The molecule has 1 aromatic carbocycles. The summed E-state index contributed by atoms with van der Waals surface area (Å²) in [6, 6.07) is 11.4. The molecule has 1 aliphatic heterocycles. The fourth-order valence-corrected chi connectivity index (χ4v) is 2.97. The van der Waals surface area contributed by atoms with E-state index in [2.05, 4.69) is 4.98 Å². The first-order valence-electron chi connectivity index (χ1n) is 7.57. The minimum Gasteiger partial charge on any atom is -0.341 e. The van der Waals surface area contributed by atoms with Crippen molar-refractivity contribution in [3.05, 3.63) is 59.9 Å². The van der Waals surface area contributed by atoms with Gasteiger partial charge in [-0.3, -0.25) is 14.6 Å². The van der Waals surface area contributed by atoms with Gasteiger partial charge in [0.15, 0.2) is 0 Å². The topological polar surface area (TPSA) is 53.5 Å². The van der Waals surface area contributed by atoms with E-state index >= 15 is 0 Å². The Kier molecular flexibility index (Phi) is 4.10. The summed E-state index contributed by atoms with van der Waals surface area (Å²) in [5.41, 5.74) is 2.75. The van der Waals surface area contributed by atoms with Gasteiger partial charge < -0.3 is 9.80 Å². The Hall–Kier alpha value is -2.69. The predicted octanol–water partition coefficient (Wildman–Crippen LogP) is 2.19. The summed E-state index contributed by atoms with van der Waals surface area (Å²) in [5, 5.41) is 0. The van der Waals surface area contributed by atoms with Crippen molar-refractivity contribution in [2.45, 2.75) is 18.9 Å². The molecule has 2 heterocycles. The van der Waals surface area contributed by atoms with E-state index in [4.69, 9.17) is 0 Å². The Labute approximate surface area is 135 Å². The Balaban J connectivity index is 1.84. The van der Waals surface area contributed by atoms with E-state index in [0.29, 0.717) is 6.54 Å². The van der Waals surface area contributed by atoms with E-state index in [9.17, 15) is 9.59 Å². The summed E-state index contributed by atoms with van der Waals surface area (Å²) < 4.78 is 0. The molecule has 0 saturated carbocycles. The lowest BCUT2D eigenvalue weighted by atomic mass is 9.88. The number of benzene rings is 1. The first kappa shape index (κ1) is 15.2. The van der Waals surface area contributed by atoms with Crippen LogP contribution in [0.2, 0.25) is 0 Å². The van der Waals surface area contributed by atoms with Gasteiger partial charge in [-0.25, -0.2) is 0 Å². The monoisotopic (exact) mass is 309 g/mol. The maximum Gasteiger partial charge on any atom is 0.230 e. The molecule has 1 atom stereocenters. The van der Waals surface area contributed by atoms with Gasteiger partial charge in [0, 0.05) is 45.1 Å². The number of amides is 2. The highest BCUT2D eigenvalue weighted by Crippen LogP contribution is 2.36. The number of para-hydroxylation sites is 1. The molecule has 0 bridgehead atoms. The summed E-state index contributed by atoms with van der Waals surface area (Å²) in [6.45, 7) is 0.504. The van der Waals surface area contributed by atoms with Crippen LogP contribution in [-0.4, -0.2) is 35.8 Å². The summed E-state index contributed by atoms with van der Waals surface area (Å²) in [6.07, 6.45) is 3.64. The Morgan fingerprint density at radius 1 is 1.26 bits per heavy atom. The number of carbonyl (C=O) groups excluding carboxylic acids is 2. The minimum atomic E-state index is -0.415. The number of likely N-dealkylation sites (N-methyl/N-ethyl adjacent to an activating group) is 1. The van der Waals surface area contributed by atoms with E-state index in [0.717, 1.165) is 16.8 Å². The highest BCUT2D eigenvalue weighted by molar-refractivity contribution is 6.02. The number of carbonyl (C=O) groups is 2. The zero-order valence-corrected chi connectivity index (χ0v) is 13.3. The van der Waals surface area contributed by atoms with Gasteiger partial charge in [-0.15, -0.1) is 0 Å². The predicted molar refractivity (Wildman–Crippen MR) is 87.9 cm³/mol. The second kappa shape index (κ2) is 6.20. The largest absolute Gasteiger partial charge is 0.341 e. The standard InChI is InChI=1S/C18H19N3O2/c1-20(12-13-7-9-19-10-8-13)18(23)15-11-17(22)21(2)16-6-4-3-5-14(15)16/h3-10,15H,11-12H2,1-2H3/t15-/m0/s1. The van der Waals surface area contributed by atoms with Gasteiger partial charge in [0.2, 0.25) is 11.8 Å². The van der Waals surface area contributed by atoms with Gasteiger partial charge in [-0.2, -0.15) is 0 Å². The normalized spacial score (nSPS) is 16.9. The Morgan fingerprint density at radius 2 is 1.96 bits per heavy atom. The molecular weight excluding hydrogens is 290 g/mol. The van der Waals surface area contributed by atoms with E-state index < -0.39 is 5.92 Å². The smallest absolute Gasteiger partial charge is 0.230 e. The van der Waals surface area contributed by atoms with E-state index in [1.54, 1.807) is 36.3 Å². The summed E-state index contributed by atoms with van der Waals surface area (Å²) >= 11 is 0. The molecule has 0 saturated heterocycles. The van der Waals surface area contributed by atoms with Gasteiger partial charge in [0.25, 0.3) is 0 Å². The number of hydrogen-bond acceptors (Lipinski definition) is 3. The van der Waals surface area contributed by atoms with Crippen LogP contribution in [0.4, 0.5) is 5.69 Å². The number of fused-ring (bicyclic) bond motifs is 1. The second-order valence-corrected chi connectivity index (χ2v) is 5.82. The van der Waals surface area contributed by atoms with Crippen LogP contribution >= 0.6 is 0 Å². The van der Waals surface area contributed by atoms with Crippen molar-refractivity contribution in [3.63, 3.8) is 0 Å². The molecule has 2 amide bonds. The summed E-state index contributed by atoms with van der Waals surface area (Å²) in [7, 11) is 3.52. The van der Waals surface area contributed by atoms with Crippen molar-refractivity contribution in [3.8, 4) is 0 Å². The van der Waals surface area contributed by atoms with Crippen molar-refractivity contribution in [1.82, 2.24) is 9.88 Å². The fourth-order valence-electron chi connectivity index (χ4n) is 2.97. The lowest BCUT2D eigenvalue weighted by Crippen LogP contribution is -2.39. The van der Waals surface area contributed by atoms with Crippen molar-refractivity contribution in [2.24, 2.45) is 0 Å². The van der Waals surface area contributed by atoms with Crippen LogP contribution in [0.25, 0.3) is 0 Å². The number of anilines is 1. The van der Waals surface area contributed by atoms with Crippen molar-refractivity contribution < 1.29 is 9.59 Å². The van der Waals surface area contributed by atoms with Crippen molar-refractivity contribution >= 4 is 17.5 Å². The first-order valence-corrected chi connectivity index (χ1v) is 7.57. The molecule has 0 fully saturated rings. The lowest BCUT2D eigenvalue weighted by molar-refractivity contribution is -0.134. The number of pyridine rings is 1. The third-order valence-corrected chi connectivity index (χ3v) is 4.27. The lowest BCUT2D eigenvalue weighted by Gasteiger charge is -2.33. The van der Waals surface area contributed by atoms with Crippen LogP contribution in [0.1, 0.15) is 23.5 Å². The molecule has 0 unspecified atom stereocenters. The average Bonchev–Trinajstić information content (AvgIpc) is 2.58. The summed E-state index contributed by atoms with van der Waals surface area (Å²) in [5.74, 6) is -0.475. The van der Waals surface area contributed by atoms with E-state index in [1.165, 1.54) is 0 Å². The number of aromatic nitrogens is 1. The SMILES string of the molecule is CN(Cc1ccncc1)C(=O)[C@H]1CC(=O)N(C)c2ccccc21. The Morgan fingerprint density at radius 3 is 2.70 bits per heavy atom. The number of hydrogen-bond donors (Lipinski definition) is 0. The van der Waals surface area contributed by atoms with Crippen LogP contribution in [0, 0.1) is 0 Å². The van der Waals surface area contributed by atoms with Gasteiger partial charge >= 0.3 is 0 Å². The van der Waals surface area contributed by atoms with Crippen LogP contribution in [-0.2, 0) is 16.1 Å². The van der Waals surface area contributed by atoms with Crippen LogP contribution in [0.3, 0.4) is 0 Å². The molecule has 0 N–H and O–H groups in total. The minimum absolute atomic E-state index is 0.0284. The molecule has 0 aliphatic carbocycles. The quantitative estimate of drug-likeness (QED) is 0.873. The molecule has 5 nitrogen and oxygen atoms in total. The molecule has 1 aromatic heterocycles. The summed E-state index contributed by atoms with van der Waals surface area (Å²) in [4.78, 5) is 32.3. The van der Waals surface area contributed by atoms with Gasteiger partial charge in [0.1, 0.15) is 0 Å². The zero-order chi connectivity index (χ0) is 16.4. The number of nitrogens with zero attached hydrogens (tertiary/aromatic N) is 3. The van der Waals surface area contributed by atoms with E-state index in [1.807, 2.05) is 36.4 Å². The van der Waals surface area contributed by atoms with Gasteiger partial charge in [0.05, 0.1) is 5.92 Å². The van der Waals surface area contributed by atoms with Gasteiger partial charge in [-0.05, 0) is 29.3 Å². The molecule has 5 heteroatoms. The molecule has 0 spiro atoms. The first-order chi connectivity index (χ1) is 11.1. The molecule has 3 rings (SSSR count). The van der Waals surface area contributed by atoms with Crippen molar-refractivity contribution in [1.29, 1.82) is 0 Å². The second-order valence-electron chi connectivity index (χ2n) is 5.82. The molecule has 118 valence electrons. The molecule has 0 radical (unpaired) electrons. The van der Waals surface area contributed by atoms with Crippen molar-refractivity contribution in [2.75, 3.05) is 19.0 Å². The third-order valence-electron chi connectivity index (χ3n) is 4.27. The molecule has 23 heavy (non-hydrogen) atoms. The van der Waals surface area contributed by atoms with Gasteiger partial charge in [-0.1, -0.05) is 18.2 Å². The average molecular weight is 309 g/mol. The fraction of sp³-hybridized carbons (Fsp3) is 0.278.